The smallest absolute Gasteiger partial charge is 0.243 e. The zero-order valence-corrected chi connectivity index (χ0v) is 18.8. The number of benzene rings is 1. The SMILES string of the molecule is COCCNC(=O)C[C@@H]1CC[C@@H]2[C@H](COC[C@H](O)CN2S(=O)(=O)c2ccccc2C)O1. The van der Waals surface area contributed by atoms with Crippen molar-refractivity contribution in [3.05, 3.63) is 29.8 Å². The van der Waals surface area contributed by atoms with Gasteiger partial charge in [0.15, 0.2) is 0 Å². The van der Waals surface area contributed by atoms with E-state index in [9.17, 15) is 18.3 Å². The predicted octanol–water partition coefficient (Wildman–Crippen LogP) is 0.446. The van der Waals surface area contributed by atoms with Crippen LogP contribution in [0.3, 0.4) is 0 Å². The molecule has 3 rings (SSSR count). The number of nitrogens with one attached hydrogen (secondary N) is 1. The molecule has 2 saturated heterocycles. The number of carbonyl (C=O) groups excluding carboxylic acids is 1. The third kappa shape index (κ3) is 6.03. The van der Waals surface area contributed by atoms with Crippen molar-refractivity contribution in [2.24, 2.45) is 0 Å². The summed E-state index contributed by atoms with van der Waals surface area (Å²) in [4.78, 5) is 12.4. The lowest BCUT2D eigenvalue weighted by Gasteiger charge is -2.43. The summed E-state index contributed by atoms with van der Waals surface area (Å²) in [5.74, 6) is -0.132. The summed E-state index contributed by atoms with van der Waals surface area (Å²) >= 11 is 0. The summed E-state index contributed by atoms with van der Waals surface area (Å²) in [5.41, 5.74) is 0.647. The van der Waals surface area contributed by atoms with Gasteiger partial charge in [0.2, 0.25) is 15.9 Å². The van der Waals surface area contributed by atoms with Gasteiger partial charge in [-0.2, -0.15) is 4.31 Å². The Balaban J connectivity index is 1.76. The number of fused-ring (bicyclic) bond motifs is 1. The van der Waals surface area contributed by atoms with E-state index in [1.165, 1.54) is 4.31 Å². The fourth-order valence-corrected chi connectivity index (χ4v) is 6.06. The lowest BCUT2D eigenvalue weighted by molar-refractivity contribution is -0.146. The highest BCUT2D eigenvalue weighted by Crippen LogP contribution is 2.32. The average Bonchev–Trinajstić information content (AvgIpc) is 2.71. The molecular formula is C21H32N2O7S. The molecule has 2 aliphatic rings. The molecule has 0 unspecified atom stereocenters. The Labute approximate surface area is 183 Å². The number of amides is 1. The normalized spacial score (nSPS) is 27.7. The molecule has 0 saturated carbocycles. The minimum Gasteiger partial charge on any atom is -0.389 e. The maximum atomic E-state index is 13.5. The standard InChI is InChI=1S/C21H32N2O7S/c1-15-5-3-4-6-20(15)31(26,27)23-12-16(24)13-29-14-19-18(23)8-7-17(30-19)11-21(25)22-9-10-28-2/h3-6,16-19,24H,7-14H2,1-2H3,(H,22,25)/t16-,17+,18-,19+/m1/s1. The second-order valence-electron chi connectivity index (χ2n) is 8.02. The maximum Gasteiger partial charge on any atom is 0.243 e. The van der Waals surface area contributed by atoms with Crippen LogP contribution in [0.25, 0.3) is 0 Å². The van der Waals surface area contributed by atoms with Crippen molar-refractivity contribution in [1.82, 2.24) is 9.62 Å². The second-order valence-corrected chi connectivity index (χ2v) is 9.88. The van der Waals surface area contributed by atoms with Crippen LogP contribution in [-0.2, 0) is 29.0 Å². The number of methoxy groups -OCH3 is 1. The van der Waals surface area contributed by atoms with Gasteiger partial charge in [-0.25, -0.2) is 8.42 Å². The van der Waals surface area contributed by atoms with E-state index in [0.717, 1.165) is 0 Å². The van der Waals surface area contributed by atoms with Crippen LogP contribution in [0.2, 0.25) is 0 Å². The zero-order valence-electron chi connectivity index (χ0n) is 18.0. The van der Waals surface area contributed by atoms with Crippen molar-refractivity contribution in [3.8, 4) is 0 Å². The van der Waals surface area contributed by atoms with E-state index in [2.05, 4.69) is 5.32 Å². The van der Waals surface area contributed by atoms with Gasteiger partial charge in [0.1, 0.15) is 0 Å². The highest BCUT2D eigenvalue weighted by molar-refractivity contribution is 7.89. The maximum absolute atomic E-state index is 13.5. The Hall–Kier alpha value is -1.56. The van der Waals surface area contributed by atoms with Crippen LogP contribution in [0.4, 0.5) is 0 Å². The summed E-state index contributed by atoms with van der Waals surface area (Å²) < 4.78 is 45.0. The van der Waals surface area contributed by atoms with Crippen molar-refractivity contribution in [2.75, 3.05) is 40.0 Å². The van der Waals surface area contributed by atoms with Crippen molar-refractivity contribution in [3.63, 3.8) is 0 Å². The molecule has 1 amide bonds. The largest absolute Gasteiger partial charge is 0.389 e. The fourth-order valence-electron chi connectivity index (χ4n) is 4.11. The predicted molar refractivity (Wildman–Crippen MR) is 113 cm³/mol. The van der Waals surface area contributed by atoms with Crippen LogP contribution in [0.15, 0.2) is 29.2 Å². The first-order valence-corrected chi connectivity index (χ1v) is 12.0. The van der Waals surface area contributed by atoms with Crippen LogP contribution in [-0.4, -0.2) is 88.1 Å². The molecule has 31 heavy (non-hydrogen) atoms. The Kier molecular flexibility index (Phi) is 8.43. The third-order valence-corrected chi connectivity index (χ3v) is 7.71. The lowest BCUT2D eigenvalue weighted by Crippen LogP contribution is -2.57. The van der Waals surface area contributed by atoms with Crippen LogP contribution >= 0.6 is 0 Å². The van der Waals surface area contributed by atoms with Gasteiger partial charge in [0, 0.05) is 20.2 Å². The number of rotatable bonds is 7. The molecule has 2 aliphatic heterocycles. The van der Waals surface area contributed by atoms with E-state index >= 15 is 0 Å². The van der Waals surface area contributed by atoms with Crippen LogP contribution in [0.5, 0.6) is 0 Å². The van der Waals surface area contributed by atoms with Crippen molar-refractivity contribution < 1.29 is 32.5 Å². The zero-order chi connectivity index (χ0) is 22.4. The van der Waals surface area contributed by atoms with E-state index in [4.69, 9.17) is 14.2 Å². The molecule has 2 fully saturated rings. The Morgan fingerprint density at radius 1 is 1.29 bits per heavy atom. The number of aliphatic hydroxyl groups is 1. The number of hydrogen-bond acceptors (Lipinski definition) is 7. The average molecular weight is 457 g/mol. The molecule has 0 aliphatic carbocycles. The van der Waals surface area contributed by atoms with Crippen LogP contribution in [0, 0.1) is 6.92 Å². The van der Waals surface area contributed by atoms with E-state index in [-0.39, 0.29) is 43.1 Å². The molecular weight excluding hydrogens is 424 g/mol. The molecule has 4 atom stereocenters. The Morgan fingerprint density at radius 3 is 2.81 bits per heavy atom. The molecule has 10 heteroatoms. The number of ether oxygens (including phenoxy) is 3. The number of aryl methyl sites for hydroxylation is 1. The molecule has 1 aromatic rings. The molecule has 0 spiro atoms. The van der Waals surface area contributed by atoms with Gasteiger partial charge in [0.05, 0.1) is 55.5 Å². The van der Waals surface area contributed by atoms with E-state index in [1.807, 2.05) is 0 Å². The first-order valence-electron chi connectivity index (χ1n) is 10.6. The van der Waals surface area contributed by atoms with E-state index in [1.54, 1.807) is 38.3 Å². The van der Waals surface area contributed by atoms with E-state index < -0.39 is 28.3 Å². The molecule has 2 N–H and O–H groups in total. The van der Waals surface area contributed by atoms with Gasteiger partial charge < -0.3 is 24.6 Å². The summed E-state index contributed by atoms with van der Waals surface area (Å²) in [6.07, 6.45) is -0.517. The number of carbonyl (C=O) groups is 1. The quantitative estimate of drug-likeness (QED) is 0.573. The first kappa shape index (κ1) is 24.1. The molecule has 0 radical (unpaired) electrons. The highest BCUT2D eigenvalue weighted by Gasteiger charge is 2.43. The van der Waals surface area contributed by atoms with Crippen molar-refractivity contribution >= 4 is 15.9 Å². The lowest BCUT2D eigenvalue weighted by atomic mass is 9.96. The molecule has 2 heterocycles. The fraction of sp³-hybridized carbons (Fsp3) is 0.667. The minimum atomic E-state index is -3.85. The number of nitrogens with zero attached hydrogens (tertiary/aromatic N) is 1. The molecule has 0 bridgehead atoms. The number of hydrogen-bond donors (Lipinski definition) is 2. The second kappa shape index (κ2) is 10.8. The number of sulfonamides is 1. The molecule has 0 aromatic heterocycles. The van der Waals surface area contributed by atoms with Crippen LogP contribution in [0.1, 0.15) is 24.8 Å². The van der Waals surface area contributed by atoms with Gasteiger partial charge in [-0.15, -0.1) is 0 Å². The Bertz CT molecular complexity index is 848. The third-order valence-electron chi connectivity index (χ3n) is 5.66. The molecule has 1 aromatic carbocycles. The summed E-state index contributed by atoms with van der Waals surface area (Å²) in [5, 5.41) is 13.1. The molecule has 174 valence electrons. The van der Waals surface area contributed by atoms with Gasteiger partial charge in [-0.05, 0) is 31.4 Å². The highest BCUT2D eigenvalue weighted by atomic mass is 32.2. The Morgan fingerprint density at radius 2 is 2.06 bits per heavy atom. The summed E-state index contributed by atoms with van der Waals surface area (Å²) in [6, 6.07) is 6.34. The van der Waals surface area contributed by atoms with E-state index in [0.29, 0.717) is 31.6 Å². The minimum absolute atomic E-state index is 0.0224. The summed E-state index contributed by atoms with van der Waals surface area (Å²) in [6.45, 7) is 2.73. The summed E-state index contributed by atoms with van der Waals surface area (Å²) in [7, 11) is -2.28. The monoisotopic (exact) mass is 456 g/mol. The first-order chi connectivity index (χ1) is 14.8. The topological polar surface area (TPSA) is 114 Å². The van der Waals surface area contributed by atoms with Gasteiger partial charge >= 0.3 is 0 Å². The number of aliphatic hydroxyl groups excluding tert-OH is 1. The number of β-amino-alcohol motifs (C(OH)–C–C–N with tert-alkyl or cyclic N) is 1. The van der Waals surface area contributed by atoms with Gasteiger partial charge in [-0.3, -0.25) is 4.79 Å². The molecule has 9 nitrogen and oxygen atoms in total. The van der Waals surface area contributed by atoms with Gasteiger partial charge in [-0.1, -0.05) is 18.2 Å². The van der Waals surface area contributed by atoms with Crippen molar-refractivity contribution in [1.29, 1.82) is 0 Å². The van der Waals surface area contributed by atoms with Crippen LogP contribution < -0.4 is 5.32 Å². The van der Waals surface area contributed by atoms with Gasteiger partial charge in [0.25, 0.3) is 0 Å². The van der Waals surface area contributed by atoms with Crippen molar-refractivity contribution in [2.45, 2.75) is 55.4 Å².